The summed E-state index contributed by atoms with van der Waals surface area (Å²) < 4.78 is 0. The highest BCUT2D eigenvalue weighted by Crippen LogP contribution is 2.18. The molecule has 0 aliphatic carbocycles. The van der Waals surface area contributed by atoms with Crippen molar-refractivity contribution in [2.24, 2.45) is 0 Å². The normalized spacial score (nSPS) is 13.1. The van der Waals surface area contributed by atoms with Crippen LogP contribution in [0.15, 0.2) is 60.8 Å². The molecule has 0 bridgehead atoms. The lowest BCUT2D eigenvalue weighted by molar-refractivity contribution is -0.123. The fraction of sp³-hybridized carbons (Fsp3) is 0.841. The first-order valence-corrected chi connectivity index (χ1v) is 33.0. The second kappa shape index (κ2) is 64.4. The molecule has 0 saturated carbocycles. The Labute approximate surface area is 457 Å². The molecule has 0 aliphatic rings. The van der Waals surface area contributed by atoms with Crippen LogP contribution < -0.4 is 5.32 Å². The van der Waals surface area contributed by atoms with Gasteiger partial charge in [-0.25, -0.2) is 0 Å². The Morgan fingerprint density at radius 2 is 0.575 bits per heavy atom. The number of unbranched alkanes of at least 4 members (excludes halogenated alkanes) is 46. The lowest BCUT2D eigenvalue weighted by atomic mass is 10.0. The minimum Gasteiger partial charge on any atom is -0.394 e. The Bertz CT molecular complexity index is 1200. The Balaban J connectivity index is 3.50. The van der Waals surface area contributed by atoms with E-state index in [1.807, 2.05) is 6.08 Å². The van der Waals surface area contributed by atoms with Gasteiger partial charge in [0, 0.05) is 6.42 Å². The molecular formula is C69H129NO3. The number of hydrogen-bond donors (Lipinski definition) is 3. The first kappa shape index (κ1) is 71.1. The van der Waals surface area contributed by atoms with Crippen molar-refractivity contribution in [2.75, 3.05) is 6.61 Å². The number of nitrogens with one attached hydrogen (secondary N) is 1. The number of amides is 1. The van der Waals surface area contributed by atoms with Crippen molar-refractivity contribution in [2.45, 2.75) is 366 Å². The van der Waals surface area contributed by atoms with Gasteiger partial charge in [-0.15, -0.1) is 0 Å². The molecule has 0 heterocycles. The zero-order chi connectivity index (χ0) is 52.7. The van der Waals surface area contributed by atoms with Gasteiger partial charge >= 0.3 is 0 Å². The number of rotatable bonds is 61. The smallest absolute Gasteiger partial charge is 0.220 e. The van der Waals surface area contributed by atoms with Crippen LogP contribution in [-0.4, -0.2) is 34.9 Å². The van der Waals surface area contributed by atoms with Gasteiger partial charge in [0.1, 0.15) is 0 Å². The molecule has 2 atom stereocenters. The van der Waals surface area contributed by atoms with E-state index in [1.54, 1.807) is 6.08 Å². The molecular weight excluding hydrogens is 891 g/mol. The maximum Gasteiger partial charge on any atom is 0.220 e. The molecule has 0 aromatic heterocycles. The molecule has 0 aromatic rings. The summed E-state index contributed by atoms with van der Waals surface area (Å²) in [7, 11) is 0. The Kier molecular flexibility index (Phi) is 62.7. The molecule has 73 heavy (non-hydrogen) atoms. The second-order valence-electron chi connectivity index (χ2n) is 22.5. The molecule has 0 spiro atoms. The first-order chi connectivity index (χ1) is 36.2. The predicted molar refractivity (Wildman–Crippen MR) is 327 cm³/mol. The van der Waals surface area contributed by atoms with Crippen LogP contribution in [0.5, 0.6) is 0 Å². The molecule has 0 aromatic carbocycles. The van der Waals surface area contributed by atoms with Crippen LogP contribution in [0.1, 0.15) is 354 Å². The van der Waals surface area contributed by atoms with Crippen molar-refractivity contribution in [3.8, 4) is 0 Å². The van der Waals surface area contributed by atoms with Crippen LogP contribution in [0.2, 0.25) is 0 Å². The highest BCUT2D eigenvalue weighted by Gasteiger charge is 2.18. The number of aliphatic hydroxyl groups is 2. The summed E-state index contributed by atoms with van der Waals surface area (Å²) in [5.74, 6) is -0.0730. The van der Waals surface area contributed by atoms with Crippen molar-refractivity contribution in [1.82, 2.24) is 5.32 Å². The standard InChI is InChI=1S/C69H129NO3/c1-3-5-7-9-11-13-15-17-19-21-23-25-27-29-31-33-35-37-39-41-43-45-47-49-51-53-55-57-59-61-63-65-69(73)70-67(66-71)68(72)64-62-60-58-56-54-52-50-48-46-44-42-40-38-36-34-32-30-28-26-24-22-20-18-16-14-12-10-8-6-4-2/h15,17,21,23,46,48,54,56,62,64,67-68,71-72H,3-14,16,18-20,22,24-45,47,49-53,55,57-61,63,65-66H2,1-2H3,(H,70,73)/b17-15-,23-21-,48-46+,56-54+,64-62+. The third kappa shape index (κ3) is 60.8. The van der Waals surface area contributed by atoms with Crippen LogP contribution >= 0.6 is 0 Å². The van der Waals surface area contributed by atoms with Gasteiger partial charge in [0.2, 0.25) is 5.91 Å². The topological polar surface area (TPSA) is 69.6 Å². The van der Waals surface area contributed by atoms with E-state index in [0.29, 0.717) is 6.42 Å². The summed E-state index contributed by atoms with van der Waals surface area (Å²) in [4.78, 5) is 12.5. The Morgan fingerprint density at radius 1 is 0.329 bits per heavy atom. The van der Waals surface area contributed by atoms with Crippen molar-refractivity contribution in [1.29, 1.82) is 0 Å². The predicted octanol–water partition coefficient (Wildman–Crippen LogP) is 22.3. The van der Waals surface area contributed by atoms with Crippen molar-refractivity contribution in [3.05, 3.63) is 60.8 Å². The monoisotopic (exact) mass is 1020 g/mol. The highest BCUT2D eigenvalue weighted by atomic mass is 16.3. The van der Waals surface area contributed by atoms with E-state index >= 15 is 0 Å². The maximum absolute atomic E-state index is 12.5. The fourth-order valence-electron chi connectivity index (χ4n) is 10.2. The van der Waals surface area contributed by atoms with Gasteiger partial charge in [-0.1, -0.05) is 331 Å². The summed E-state index contributed by atoms with van der Waals surface area (Å²) in [5, 5.41) is 23.2. The molecule has 0 aliphatic heterocycles. The molecule has 0 fully saturated rings. The molecule has 3 N–H and O–H groups in total. The number of carbonyl (C=O) groups excluding carboxylic acids is 1. The molecule has 0 radical (unpaired) electrons. The molecule has 2 unspecified atom stereocenters. The lowest BCUT2D eigenvalue weighted by Crippen LogP contribution is -2.45. The van der Waals surface area contributed by atoms with Crippen molar-refractivity contribution < 1.29 is 15.0 Å². The molecule has 0 saturated heterocycles. The fourth-order valence-corrected chi connectivity index (χ4v) is 10.2. The van der Waals surface area contributed by atoms with E-state index in [9.17, 15) is 15.0 Å². The molecule has 0 rings (SSSR count). The molecule has 4 nitrogen and oxygen atoms in total. The summed E-state index contributed by atoms with van der Waals surface area (Å²) in [5.41, 5.74) is 0. The zero-order valence-corrected chi connectivity index (χ0v) is 49.4. The minimum absolute atomic E-state index is 0.0730. The van der Waals surface area contributed by atoms with E-state index in [4.69, 9.17) is 0 Å². The average molecular weight is 1020 g/mol. The summed E-state index contributed by atoms with van der Waals surface area (Å²) in [6.45, 7) is 4.32. The lowest BCUT2D eigenvalue weighted by Gasteiger charge is -2.19. The van der Waals surface area contributed by atoms with Crippen LogP contribution in [0.4, 0.5) is 0 Å². The average Bonchev–Trinajstić information content (AvgIpc) is 3.40. The van der Waals surface area contributed by atoms with Gasteiger partial charge in [0.15, 0.2) is 0 Å². The van der Waals surface area contributed by atoms with Crippen LogP contribution in [0.3, 0.4) is 0 Å². The largest absolute Gasteiger partial charge is 0.394 e. The van der Waals surface area contributed by atoms with E-state index in [-0.39, 0.29) is 12.5 Å². The van der Waals surface area contributed by atoms with Crippen LogP contribution in [-0.2, 0) is 4.79 Å². The van der Waals surface area contributed by atoms with Gasteiger partial charge < -0.3 is 15.5 Å². The van der Waals surface area contributed by atoms with E-state index in [1.165, 1.54) is 289 Å². The second-order valence-corrected chi connectivity index (χ2v) is 22.5. The number of hydrogen-bond acceptors (Lipinski definition) is 3. The first-order valence-electron chi connectivity index (χ1n) is 33.0. The highest BCUT2D eigenvalue weighted by molar-refractivity contribution is 5.76. The SMILES string of the molecule is CCCCCCC/C=C\C/C=C\CCCCCCCCCCCCCCCCCCCCCC(=O)NC(CO)C(O)/C=C/CC/C=C/CC/C=C/CCCCCCCCCCCCCCCCCCCCCC. The Hall–Kier alpha value is -1.91. The molecule has 428 valence electrons. The Morgan fingerprint density at radius 3 is 0.877 bits per heavy atom. The molecule has 4 heteroatoms. The van der Waals surface area contributed by atoms with Crippen molar-refractivity contribution in [3.63, 3.8) is 0 Å². The van der Waals surface area contributed by atoms with E-state index < -0.39 is 12.1 Å². The van der Waals surface area contributed by atoms with Gasteiger partial charge in [-0.05, 0) is 77.0 Å². The summed E-state index contributed by atoms with van der Waals surface area (Å²) in [6, 6.07) is -0.648. The van der Waals surface area contributed by atoms with Gasteiger partial charge in [-0.2, -0.15) is 0 Å². The van der Waals surface area contributed by atoms with Gasteiger partial charge in [0.05, 0.1) is 18.8 Å². The van der Waals surface area contributed by atoms with Gasteiger partial charge in [0.25, 0.3) is 0 Å². The number of allylic oxidation sites excluding steroid dienone is 9. The quantitative estimate of drug-likeness (QED) is 0.0420. The van der Waals surface area contributed by atoms with E-state index in [0.717, 1.165) is 44.9 Å². The number of carbonyl (C=O) groups is 1. The third-order valence-electron chi connectivity index (χ3n) is 15.2. The van der Waals surface area contributed by atoms with Crippen LogP contribution in [0.25, 0.3) is 0 Å². The van der Waals surface area contributed by atoms with Crippen LogP contribution in [0, 0.1) is 0 Å². The summed E-state index contributed by atoms with van der Waals surface area (Å²) in [6.07, 6.45) is 91.5. The molecule has 1 amide bonds. The zero-order valence-electron chi connectivity index (χ0n) is 49.4. The number of aliphatic hydroxyl groups excluding tert-OH is 2. The van der Waals surface area contributed by atoms with E-state index in [2.05, 4.69) is 67.8 Å². The van der Waals surface area contributed by atoms with Gasteiger partial charge in [-0.3, -0.25) is 4.79 Å². The third-order valence-corrected chi connectivity index (χ3v) is 15.2. The van der Waals surface area contributed by atoms with Crippen molar-refractivity contribution >= 4 is 5.91 Å². The maximum atomic E-state index is 12.5. The summed E-state index contributed by atoms with van der Waals surface area (Å²) >= 11 is 0. The minimum atomic E-state index is -0.873.